The minimum atomic E-state index is -0.910. The summed E-state index contributed by atoms with van der Waals surface area (Å²) in [4.78, 5) is 20.3. The van der Waals surface area contributed by atoms with Gasteiger partial charge in [-0.05, 0) is 37.5 Å². The van der Waals surface area contributed by atoms with Gasteiger partial charge in [0.05, 0.1) is 0 Å². The molecule has 0 spiro atoms. The SMILES string of the molecule is CC(C)CCCCCCCCCC(=O)[O-].CC(C)CCCCCCCCCC(=O)[O-].[Zn+2]. The maximum Gasteiger partial charge on any atom is 2.00 e. The first-order valence-electron chi connectivity index (χ1n) is 12.6. The predicted molar refractivity (Wildman–Crippen MR) is 123 cm³/mol. The monoisotopic (exact) mass is 490 g/mol. The second-order valence-corrected chi connectivity index (χ2v) is 9.56. The van der Waals surface area contributed by atoms with Crippen LogP contribution in [0.2, 0.25) is 0 Å². The van der Waals surface area contributed by atoms with Crippen molar-refractivity contribution in [3.05, 3.63) is 0 Å². The Balaban J connectivity index is -0.000000490. The van der Waals surface area contributed by atoms with Crippen molar-refractivity contribution in [1.82, 2.24) is 0 Å². The van der Waals surface area contributed by atoms with E-state index in [2.05, 4.69) is 27.7 Å². The van der Waals surface area contributed by atoms with E-state index in [1.807, 2.05) is 0 Å². The molecule has 4 nitrogen and oxygen atoms in total. The third-order valence-corrected chi connectivity index (χ3v) is 5.32. The van der Waals surface area contributed by atoms with Crippen molar-refractivity contribution in [3.8, 4) is 0 Å². The smallest absolute Gasteiger partial charge is 0.550 e. The minimum absolute atomic E-state index is 0. The van der Waals surface area contributed by atoms with Crippen molar-refractivity contribution in [3.63, 3.8) is 0 Å². The van der Waals surface area contributed by atoms with Crippen molar-refractivity contribution >= 4 is 11.9 Å². The van der Waals surface area contributed by atoms with Gasteiger partial charge in [0, 0.05) is 11.9 Å². The third kappa shape index (κ3) is 40.5. The minimum Gasteiger partial charge on any atom is -0.550 e. The van der Waals surface area contributed by atoms with Crippen molar-refractivity contribution in [2.45, 2.75) is 143 Å². The quantitative estimate of drug-likeness (QED) is 0.159. The summed E-state index contributed by atoms with van der Waals surface area (Å²) >= 11 is 0. The molecule has 0 radical (unpaired) electrons. The second-order valence-electron chi connectivity index (χ2n) is 9.56. The summed E-state index contributed by atoms with van der Waals surface area (Å²) in [7, 11) is 0. The average molecular weight is 492 g/mol. The molecule has 0 aliphatic rings. The van der Waals surface area contributed by atoms with Crippen molar-refractivity contribution in [1.29, 1.82) is 0 Å². The first-order valence-corrected chi connectivity index (χ1v) is 12.6. The molecular formula is C26H50O4Zn. The van der Waals surface area contributed by atoms with Gasteiger partial charge in [0.1, 0.15) is 0 Å². The molecule has 0 aliphatic carbocycles. The summed E-state index contributed by atoms with van der Waals surface area (Å²) in [5, 5.41) is 20.3. The van der Waals surface area contributed by atoms with Gasteiger partial charge in [0.2, 0.25) is 0 Å². The summed E-state index contributed by atoms with van der Waals surface area (Å²) in [6.07, 6.45) is 19.6. The van der Waals surface area contributed by atoms with Crippen LogP contribution in [0.5, 0.6) is 0 Å². The Morgan fingerprint density at radius 3 is 0.935 bits per heavy atom. The van der Waals surface area contributed by atoms with Crippen molar-refractivity contribution < 1.29 is 39.3 Å². The largest absolute Gasteiger partial charge is 2.00 e. The van der Waals surface area contributed by atoms with E-state index < -0.39 is 11.9 Å². The summed E-state index contributed by atoms with van der Waals surface area (Å²) < 4.78 is 0. The van der Waals surface area contributed by atoms with Crippen LogP contribution in [0.4, 0.5) is 0 Å². The molecule has 180 valence electrons. The number of rotatable bonds is 20. The van der Waals surface area contributed by atoms with Gasteiger partial charge in [-0.3, -0.25) is 0 Å². The Morgan fingerprint density at radius 1 is 0.484 bits per heavy atom. The molecule has 0 fully saturated rings. The fraction of sp³-hybridized carbons (Fsp3) is 0.923. The van der Waals surface area contributed by atoms with Crippen molar-refractivity contribution in [2.75, 3.05) is 0 Å². The zero-order chi connectivity index (χ0) is 23.0. The number of carboxylic acid groups (broad SMARTS) is 2. The molecule has 0 saturated heterocycles. The summed E-state index contributed by atoms with van der Waals surface area (Å²) in [5.74, 6) is -0.167. The first-order chi connectivity index (χ1) is 14.3. The topological polar surface area (TPSA) is 80.3 Å². The van der Waals surface area contributed by atoms with Gasteiger partial charge in [-0.25, -0.2) is 0 Å². The predicted octanol–water partition coefficient (Wildman–Crippen LogP) is 5.80. The van der Waals surface area contributed by atoms with Gasteiger partial charge in [0.25, 0.3) is 0 Å². The van der Waals surface area contributed by atoms with Crippen molar-refractivity contribution in [2.24, 2.45) is 11.8 Å². The number of carboxylic acids is 2. The molecule has 0 atom stereocenters. The van der Waals surface area contributed by atoms with E-state index in [9.17, 15) is 19.8 Å². The van der Waals surface area contributed by atoms with E-state index in [4.69, 9.17) is 0 Å². The van der Waals surface area contributed by atoms with Crippen LogP contribution >= 0.6 is 0 Å². The Kier molecular flexibility index (Phi) is 31.3. The van der Waals surface area contributed by atoms with E-state index in [-0.39, 0.29) is 32.3 Å². The number of carbonyl (C=O) groups excluding carboxylic acids is 2. The molecule has 0 unspecified atom stereocenters. The van der Waals surface area contributed by atoms with Gasteiger partial charge in [-0.2, -0.15) is 0 Å². The number of hydrogen-bond donors (Lipinski definition) is 0. The van der Waals surface area contributed by atoms with E-state index in [1.54, 1.807) is 0 Å². The Bertz CT molecular complexity index is 348. The molecule has 0 bridgehead atoms. The number of unbranched alkanes of at least 4 members (excludes halogenated alkanes) is 12. The average Bonchev–Trinajstić information content (AvgIpc) is 2.65. The fourth-order valence-electron chi connectivity index (χ4n) is 3.41. The van der Waals surface area contributed by atoms with Gasteiger partial charge >= 0.3 is 19.5 Å². The number of carbonyl (C=O) groups is 2. The third-order valence-electron chi connectivity index (χ3n) is 5.32. The van der Waals surface area contributed by atoms with Crippen LogP contribution in [0, 0.1) is 11.8 Å². The summed E-state index contributed by atoms with van der Waals surface area (Å²) in [5.41, 5.74) is 0. The molecule has 0 aliphatic heterocycles. The Morgan fingerprint density at radius 2 is 0.710 bits per heavy atom. The fourth-order valence-corrected chi connectivity index (χ4v) is 3.41. The van der Waals surface area contributed by atoms with Crippen LogP contribution < -0.4 is 10.2 Å². The molecule has 0 heterocycles. The summed E-state index contributed by atoms with van der Waals surface area (Å²) in [6, 6.07) is 0. The molecule has 31 heavy (non-hydrogen) atoms. The molecular weight excluding hydrogens is 442 g/mol. The standard InChI is InChI=1S/2C13H26O2.Zn/c2*1-12(2)10-8-6-4-3-5-7-9-11-13(14)15;/h2*12H,3-11H2,1-2H3,(H,14,15);/q;;+2/p-2. The Hall–Kier alpha value is -0.437. The molecule has 5 heteroatoms. The molecule has 0 saturated carbocycles. The van der Waals surface area contributed by atoms with E-state index in [0.717, 1.165) is 37.5 Å². The van der Waals surface area contributed by atoms with Gasteiger partial charge < -0.3 is 19.8 Å². The molecule has 0 aromatic rings. The van der Waals surface area contributed by atoms with Gasteiger partial charge in [-0.1, -0.05) is 118 Å². The number of aliphatic carboxylic acids is 2. The second kappa shape index (κ2) is 27.6. The first kappa shape index (κ1) is 35.2. The maximum absolute atomic E-state index is 10.1. The zero-order valence-corrected chi connectivity index (χ0v) is 24.2. The van der Waals surface area contributed by atoms with Gasteiger partial charge in [0.15, 0.2) is 0 Å². The number of hydrogen-bond acceptors (Lipinski definition) is 4. The molecule has 0 rings (SSSR count). The van der Waals surface area contributed by atoms with Crippen LogP contribution in [-0.2, 0) is 29.1 Å². The molecule has 0 amide bonds. The van der Waals surface area contributed by atoms with Crippen LogP contribution in [0.1, 0.15) is 143 Å². The van der Waals surface area contributed by atoms with Crippen LogP contribution in [-0.4, -0.2) is 11.9 Å². The van der Waals surface area contributed by atoms with E-state index in [1.165, 1.54) is 77.0 Å². The zero-order valence-electron chi connectivity index (χ0n) is 21.2. The normalized spacial score (nSPS) is 10.5. The Labute approximate surface area is 206 Å². The van der Waals surface area contributed by atoms with Crippen LogP contribution in [0.3, 0.4) is 0 Å². The van der Waals surface area contributed by atoms with Crippen LogP contribution in [0.15, 0.2) is 0 Å². The molecule has 0 N–H and O–H groups in total. The van der Waals surface area contributed by atoms with Crippen LogP contribution in [0.25, 0.3) is 0 Å². The van der Waals surface area contributed by atoms with E-state index >= 15 is 0 Å². The van der Waals surface area contributed by atoms with E-state index in [0.29, 0.717) is 0 Å². The maximum atomic E-state index is 10.1. The molecule has 0 aromatic carbocycles. The summed E-state index contributed by atoms with van der Waals surface area (Å²) in [6.45, 7) is 9.06. The molecule has 0 aromatic heterocycles. The van der Waals surface area contributed by atoms with Gasteiger partial charge in [-0.15, -0.1) is 0 Å².